The van der Waals surface area contributed by atoms with Crippen LogP contribution in [0.4, 0.5) is 4.39 Å². The van der Waals surface area contributed by atoms with E-state index in [4.69, 9.17) is 0 Å². The van der Waals surface area contributed by atoms with Crippen LogP contribution >= 0.6 is 0 Å². The van der Waals surface area contributed by atoms with Crippen LogP contribution in [0.5, 0.6) is 5.75 Å². The molecule has 0 aromatic heterocycles. The summed E-state index contributed by atoms with van der Waals surface area (Å²) in [6, 6.07) is 1.47. The molecular weight excluding hydrogens is 249 g/mol. The molecule has 7 heteroatoms. The van der Waals surface area contributed by atoms with Gasteiger partial charge in [0.1, 0.15) is 16.5 Å². The molecule has 0 amide bonds. The van der Waals surface area contributed by atoms with Crippen LogP contribution in [0.15, 0.2) is 17.0 Å². The number of likely N-dealkylation sites (N-methyl/N-ethyl adjacent to an activating group) is 1. The van der Waals surface area contributed by atoms with Crippen molar-refractivity contribution in [2.45, 2.75) is 4.90 Å². The molecular formula is C10H12FNO4S. The molecule has 0 heterocycles. The van der Waals surface area contributed by atoms with Crippen LogP contribution in [0.1, 0.15) is 10.4 Å². The minimum atomic E-state index is -3.77. The highest BCUT2D eigenvalue weighted by atomic mass is 32.2. The number of ketones is 1. The molecule has 1 aromatic rings. The van der Waals surface area contributed by atoms with Crippen molar-refractivity contribution in [3.8, 4) is 5.75 Å². The van der Waals surface area contributed by atoms with Gasteiger partial charge in [0.05, 0.1) is 12.1 Å². The van der Waals surface area contributed by atoms with E-state index < -0.39 is 32.1 Å². The number of hydrogen-bond donors (Lipinski definition) is 2. The number of carbonyl (C=O) groups excluding carboxylic acids is 1. The molecule has 1 rings (SSSR count). The van der Waals surface area contributed by atoms with Crippen molar-refractivity contribution in [1.29, 1.82) is 0 Å². The van der Waals surface area contributed by atoms with Crippen LogP contribution < -0.4 is 5.32 Å². The minimum absolute atomic E-state index is 0.0782. The Morgan fingerprint density at radius 1 is 1.47 bits per heavy atom. The fraction of sp³-hybridized carbons (Fsp3) is 0.300. The lowest BCUT2D eigenvalue weighted by Crippen LogP contribution is -2.19. The lowest BCUT2D eigenvalue weighted by Gasteiger charge is -2.07. The quantitative estimate of drug-likeness (QED) is 0.763. The molecule has 0 bridgehead atoms. The zero-order valence-electron chi connectivity index (χ0n) is 9.32. The molecule has 17 heavy (non-hydrogen) atoms. The van der Waals surface area contributed by atoms with Crippen molar-refractivity contribution >= 4 is 15.6 Å². The highest BCUT2D eigenvalue weighted by molar-refractivity contribution is 7.90. The number of Topliss-reactive ketones (excluding diaryl/α,β-unsaturated/α-hetero) is 1. The van der Waals surface area contributed by atoms with E-state index >= 15 is 0 Å². The first kappa shape index (κ1) is 13.6. The number of sulfone groups is 1. The molecule has 0 radical (unpaired) electrons. The fourth-order valence-corrected chi connectivity index (χ4v) is 2.04. The molecule has 94 valence electrons. The normalized spacial score (nSPS) is 11.5. The van der Waals surface area contributed by atoms with E-state index in [9.17, 15) is 22.7 Å². The monoisotopic (exact) mass is 261 g/mol. The van der Waals surface area contributed by atoms with Crippen LogP contribution in [0, 0.1) is 5.82 Å². The average Bonchev–Trinajstić information content (AvgIpc) is 2.19. The second-order valence-electron chi connectivity index (χ2n) is 3.53. The van der Waals surface area contributed by atoms with Crippen LogP contribution in [-0.2, 0) is 9.84 Å². The third-order valence-corrected chi connectivity index (χ3v) is 3.20. The maximum absolute atomic E-state index is 13.5. The standard InChI is InChI=1S/C10H12FNO4S/c1-12-5-9(14)6-3-7(11)10(4-8(6)13)17(2,15)16/h3-4,12-13H,5H2,1-2H3. The average molecular weight is 261 g/mol. The largest absolute Gasteiger partial charge is 0.507 e. The maximum Gasteiger partial charge on any atom is 0.180 e. The molecule has 0 aliphatic heterocycles. The highest BCUT2D eigenvalue weighted by Crippen LogP contribution is 2.25. The van der Waals surface area contributed by atoms with E-state index in [0.717, 1.165) is 18.4 Å². The number of carbonyl (C=O) groups is 1. The Morgan fingerprint density at radius 3 is 2.53 bits per heavy atom. The summed E-state index contributed by atoms with van der Waals surface area (Å²) in [5, 5.41) is 12.1. The van der Waals surface area contributed by atoms with Gasteiger partial charge >= 0.3 is 0 Å². The van der Waals surface area contributed by atoms with Crippen molar-refractivity contribution in [2.24, 2.45) is 0 Å². The lowest BCUT2D eigenvalue weighted by molar-refractivity contribution is 0.0990. The lowest BCUT2D eigenvalue weighted by atomic mass is 10.1. The van der Waals surface area contributed by atoms with Gasteiger partial charge in [-0.25, -0.2) is 12.8 Å². The Balaban J connectivity index is 3.33. The minimum Gasteiger partial charge on any atom is -0.507 e. The number of halogens is 1. The van der Waals surface area contributed by atoms with Gasteiger partial charge in [-0.15, -0.1) is 0 Å². The molecule has 0 unspecified atom stereocenters. The summed E-state index contributed by atoms with van der Waals surface area (Å²) in [6.07, 6.45) is 0.819. The molecule has 0 fully saturated rings. The van der Waals surface area contributed by atoms with E-state index in [2.05, 4.69) is 5.32 Å². The van der Waals surface area contributed by atoms with E-state index in [1.54, 1.807) is 0 Å². The number of rotatable bonds is 4. The number of nitrogens with one attached hydrogen (secondary N) is 1. The predicted octanol–water partition coefficient (Wildman–Crippen LogP) is 0.337. The summed E-state index contributed by atoms with van der Waals surface area (Å²) >= 11 is 0. The smallest absolute Gasteiger partial charge is 0.180 e. The summed E-state index contributed by atoms with van der Waals surface area (Å²) in [5.74, 6) is -2.12. The summed E-state index contributed by atoms with van der Waals surface area (Å²) in [4.78, 5) is 10.8. The molecule has 0 saturated heterocycles. The molecule has 0 saturated carbocycles. The second-order valence-corrected chi connectivity index (χ2v) is 5.51. The van der Waals surface area contributed by atoms with Gasteiger partial charge in [-0.2, -0.15) is 0 Å². The van der Waals surface area contributed by atoms with Crippen molar-refractivity contribution in [3.63, 3.8) is 0 Å². The summed E-state index contributed by atoms with van der Waals surface area (Å²) in [7, 11) is -2.25. The molecule has 0 spiro atoms. The maximum atomic E-state index is 13.5. The number of phenols is 1. The van der Waals surface area contributed by atoms with Crippen LogP contribution in [0.2, 0.25) is 0 Å². The van der Waals surface area contributed by atoms with Crippen LogP contribution in [0.3, 0.4) is 0 Å². The summed E-state index contributed by atoms with van der Waals surface area (Å²) < 4.78 is 35.8. The van der Waals surface area contributed by atoms with Gasteiger partial charge in [-0.3, -0.25) is 4.79 Å². The Kier molecular flexibility index (Phi) is 3.84. The number of aromatic hydroxyl groups is 1. The number of benzene rings is 1. The molecule has 1 aromatic carbocycles. The first-order chi connectivity index (χ1) is 7.77. The van der Waals surface area contributed by atoms with Gasteiger partial charge in [-0.05, 0) is 13.1 Å². The van der Waals surface area contributed by atoms with E-state index in [0.29, 0.717) is 0 Å². The zero-order valence-corrected chi connectivity index (χ0v) is 10.1. The Labute approximate surface area is 98.2 Å². The van der Waals surface area contributed by atoms with E-state index in [1.807, 2.05) is 0 Å². The third kappa shape index (κ3) is 3.01. The Hall–Kier alpha value is -1.47. The molecule has 0 atom stereocenters. The Bertz CT molecular complexity index is 554. The van der Waals surface area contributed by atoms with Gasteiger partial charge < -0.3 is 10.4 Å². The summed E-state index contributed by atoms with van der Waals surface area (Å²) in [5.41, 5.74) is -0.246. The SMILES string of the molecule is CNCC(=O)c1cc(F)c(S(C)(=O)=O)cc1O. The number of phenolic OH excluding ortho intramolecular Hbond substituents is 1. The van der Waals surface area contributed by atoms with Gasteiger partial charge in [0.2, 0.25) is 0 Å². The molecule has 5 nitrogen and oxygen atoms in total. The number of hydrogen-bond acceptors (Lipinski definition) is 5. The molecule has 0 aliphatic carbocycles. The first-order valence-electron chi connectivity index (χ1n) is 4.67. The van der Waals surface area contributed by atoms with Gasteiger partial charge in [-0.1, -0.05) is 0 Å². The third-order valence-electron chi connectivity index (χ3n) is 2.09. The van der Waals surface area contributed by atoms with E-state index in [-0.39, 0.29) is 12.1 Å². The van der Waals surface area contributed by atoms with Crippen LogP contribution in [-0.4, -0.2) is 39.2 Å². The zero-order chi connectivity index (χ0) is 13.2. The first-order valence-corrected chi connectivity index (χ1v) is 6.57. The Morgan fingerprint density at radius 2 is 2.06 bits per heavy atom. The highest BCUT2D eigenvalue weighted by Gasteiger charge is 2.20. The van der Waals surface area contributed by atoms with Crippen molar-refractivity contribution < 1.29 is 22.7 Å². The van der Waals surface area contributed by atoms with E-state index in [1.165, 1.54) is 7.05 Å². The van der Waals surface area contributed by atoms with Crippen LogP contribution in [0.25, 0.3) is 0 Å². The fourth-order valence-electron chi connectivity index (χ4n) is 1.31. The summed E-state index contributed by atoms with van der Waals surface area (Å²) in [6.45, 7) is -0.0782. The van der Waals surface area contributed by atoms with Gasteiger partial charge in [0, 0.05) is 12.3 Å². The van der Waals surface area contributed by atoms with Gasteiger partial charge in [0.25, 0.3) is 0 Å². The molecule has 2 N–H and O–H groups in total. The topological polar surface area (TPSA) is 83.5 Å². The second kappa shape index (κ2) is 4.80. The van der Waals surface area contributed by atoms with Crippen molar-refractivity contribution in [1.82, 2.24) is 5.32 Å². The van der Waals surface area contributed by atoms with Crippen molar-refractivity contribution in [3.05, 3.63) is 23.5 Å². The van der Waals surface area contributed by atoms with Crippen molar-refractivity contribution in [2.75, 3.05) is 19.8 Å². The molecule has 0 aliphatic rings. The van der Waals surface area contributed by atoms with Gasteiger partial charge in [0.15, 0.2) is 15.6 Å². The predicted molar refractivity (Wildman–Crippen MR) is 59.4 cm³/mol.